The van der Waals surface area contributed by atoms with Crippen LogP contribution in [0.3, 0.4) is 0 Å². The van der Waals surface area contributed by atoms with Gasteiger partial charge in [-0.1, -0.05) is 24.3 Å². The smallest absolute Gasteiger partial charge is 0.278 e. The fourth-order valence-corrected chi connectivity index (χ4v) is 11.4. The summed E-state index contributed by atoms with van der Waals surface area (Å²) < 4.78 is 3.34. The van der Waals surface area contributed by atoms with Gasteiger partial charge < -0.3 is 25.1 Å². The largest absolute Gasteiger partial charge is 0.384 e. The highest BCUT2D eigenvalue weighted by Gasteiger charge is 2.42. The van der Waals surface area contributed by atoms with E-state index in [0.717, 1.165) is 69.0 Å². The van der Waals surface area contributed by atoms with Crippen LogP contribution in [0.25, 0.3) is 16.9 Å². The molecule has 5 aromatic rings. The number of hydrogen-bond acceptors (Lipinski definition) is 12. The molecule has 3 N–H and O–H groups in total. The molecule has 3 amide bonds. The van der Waals surface area contributed by atoms with Crippen LogP contribution in [0.1, 0.15) is 92.7 Å². The Morgan fingerprint density at radius 3 is 2.33 bits per heavy atom. The van der Waals surface area contributed by atoms with E-state index in [9.17, 15) is 24.3 Å². The van der Waals surface area contributed by atoms with Gasteiger partial charge in [0, 0.05) is 87.1 Å². The molecule has 5 aliphatic heterocycles. The van der Waals surface area contributed by atoms with Gasteiger partial charge in [-0.05, 0) is 124 Å². The van der Waals surface area contributed by atoms with E-state index in [-0.39, 0.29) is 29.7 Å². The number of piperidine rings is 2. The zero-order valence-electron chi connectivity index (χ0n) is 37.5. The van der Waals surface area contributed by atoms with Gasteiger partial charge in [-0.15, -0.1) is 0 Å². The Balaban J connectivity index is 0.676. The first-order valence-corrected chi connectivity index (χ1v) is 23.7. The number of piperazine rings is 1. The van der Waals surface area contributed by atoms with Gasteiger partial charge in [0.2, 0.25) is 17.8 Å². The van der Waals surface area contributed by atoms with Crippen molar-refractivity contribution in [2.75, 3.05) is 54.4 Å². The van der Waals surface area contributed by atoms with Crippen molar-refractivity contribution in [1.29, 1.82) is 0 Å². The molecule has 6 aliphatic rings. The van der Waals surface area contributed by atoms with Crippen molar-refractivity contribution in [3.63, 3.8) is 0 Å². The number of pyridine rings is 1. The van der Waals surface area contributed by atoms with Gasteiger partial charge in [-0.2, -0.15) is 4.98 Å². The maximum absolute atomic E-state index is 13.6. The quantitative estimate of drug-likeness (QED) is 0.147. The maximum Gasteiger partial charge on any atom is 0.278 e. The lowest BCUT2D eigenvalue weighted by atomic mass is 9.66. The normalized spacial score (nSPS) is 24.2. The Labute approximate surface area is 383 Å². The zero-order valence-corrected chi connectivity index (χ0v) is 37.5. The van der Waals surface area contributed by atoms with Gasteiger partial charge in [0.1, 0.15) is 17.0 Å². The van der Waals surface area contributed by atoms with Gasteiger partial charge in [-0.3, -0.25) is 29.4 Å². The first kappa shape index (κ1) is 42.3. The Morgan fingerprint density at radius 2 is 1.56 bits per heavy atom. The Bertz CT molecular complexity index is 2790. The maximum atomic E-state index is 13.6. The molecule has 4 fully saturated rings. The molecular weight excluding hydrogens is 835 g/mol. The van der Waals surface area contributed by atoms with Crippen molar-refractivity contribution >= 4 is 51.8 Å². The fourth-order valence-electron chi connectivity index (χ4n) is 11.4. The molecule has 3 aromatic heterocycles. The lowest BCUT2D eigenvalue weighted by Crippen LogP contribution is -2.52. The van der Waals surface area contributed by atoms with Gasteiger partial charge in [-0.25, -0.2) is 19.3 Å². The van der Waals surface area contributed by atoms with Gasteiger partial charge in [0.25, 0.3) is 11.5 Å². The number of allylic oxidation sites excluding steroid dienone is 2. The predicted molar refractivity (Wildman–Crippen MR) is 251 cm³/mol. The van der Waals surface area contributed by atoms with Crippen LogP contribution in [0.15, 0.2) is 83.8 Å². The summed E-state index contributed by atoms with van der Waals surface area (Å²) in [6, 6.07) is 20.1. The highest BCUT2D eigenvalue weighted by atomic mass is 16.3. The number of carbonyl (C=O) groups is 3. The average Bonchev–Trinajstić information content (AvgIpc) is 3.80. The summed E-state index contributed by atoms with van der Waals surface area (Å²) in [4.78, 5) is 74.7. The lowest BCUT2D eigenvalue weighted by Gasteiger charge is -2.49. The van der Waals surface area contributed by atoms with E-state index in [1.165, 1.54) is 31.4 Å². The van der Waals surface area contributed by atoms with Crippen molar-refractivity contribution in [2.45, 2.75) is 102 Å². The van der Waals surface area contributed by atoms with E-state index >= 15 is 0 Å². The van der Waals surface area contributed by atoms with Crippen LogP contribution in [0, 0.1) is 5.41 Å². The number of fused-ring (bicyclic) bond motifs is 7. The van der Waals surface area contributed by atoms with Crippen LogP contribution >= 0.6 is 0 Å². The van der Waals surface area contributed by atoms with Crippen molar-refractivity contribution < 1.29 is 19.5 Å². The molecule has 0 radical (unpaired) electrons. The third kappa shape index (κ3) is 7.82. The SMILES string of the molecule is C[C@@]1(O)CC/C=C\Cn2c(=O)c3cnc(Nc4ccc(N5CCN(C6CCC7(CC6)CCN(c6ccc8c(c6)C(=O)N(C6CCC(=O)NC6=O)C8)CC7)CC5)cc4)nc3n2-c2cccc1n2. The molecule has 16 nitrogen and oxygen atoms in total. The predicted octanol–water partition coefficient (Wildman–Crippen LogP) is 5.39. The molecule has 1 unspecified atom stereocenters. The molecule has 342 valence electrons. The number of aliphatic hydroxyl groups is 1. The average molecular weight is 892 g/mol. The first-order chi connectivity index (χ1) is 32.0. The Hall–Kier alpha value is -6.39. The van der Waals surface area contributed by atoms with Crippen LogP contribution < -0.4 is 26.0 Å². The van der Waals surface area contributed by atoms with Gasteiger partial charge in [0.15, 0.2) is 11.5 Å². The fraction of sp³-hybridized carbons (Fsp3) is 0.460. The molecule has 1 spiro atoms. The second-order valence-corrected chi connectivity index (χ2v) is 19.4. The van der Waals surface area contributed by atoms with E-state index < -0.39 is 11.6 Å². The molecule has 2 atom stereocenters. The number of amides is 3. The third-order valence-electron chi connectivity index (χ3n) is 15.5. The molecular formula is C50H57N11O5. The molecule has 11 rings (SSSR count). The summed E-state index contributed by atoms with van der Waals surface area (Å²) in [5.41, 5.74) is 4.79. The van der Waals surface area contributed by atoms with Gasteiger partial charge >= 0.3 is 0 Å². The monoisotopic (exact) mass is 891 g/mol. The molecule has 1 aliphatic carbocycles. The van der Waals surface area contributed by atoms with E-state index in [4.69, 9.17) is 9.97 Å². The van der Waals surface area contributed by atoms with Crippen LogP contribution in [0.2, 0.25) is 0 Å². The molecule has 1 saturated carbocycles. The third-order valence-corrected chi connectivity index (χ3v) is 15.5. The zero-order chi connectivity index (χ0) is 45.2. The van der Waals surface area contributed by atoms with E-state index in [1.54, 1.807) is 27.4 Å². The summed E-state index contributed by atoms with van der Waals surface area (Å²) in [6.45, 7) is 8.53. The number of nitrogens with one attached hydrogen (secondary N) is 2. The molecule has 16 heteroatoms. The second kappa shape index (κ2) is 16.8. The number of nitrogens with zero attached hydrogens (tertiary/aromatic N) is 9. The number of rotatable bonds is 6. The first-order valence-electron chi connectivity index (χ1n) is 23.7. The number of anilines is 4. The van der Waals surface area contributed by atoms with Crippen molar-refractivity contribution in [3.05, 3.63) is 106 Å². The van der Waals surface area contributed by atoms with E-state index in [1.807, 2.05) is 54.6 Å². The van der Waals surface area contributed by atoms with Crippen LogP contribution in [-0.4, -0.2) is 108 Å². The Morgan fingerprint density at radius 1 is 0.803 bits per heavy atom. The minimum Gasteiger partial charge on any atom is -0.384 e. The second-order valence-electron chi connectivity index (χ2n) is 19.4. The number of imide groups is 1. The minimum absolute atomic E-state index is 0.115. The van der Waals surface area contributed by atoms with Crippen LogP contribution in [0.4, 0.5) is 23.0 Å². The lowest BCUT2D eigenvalue weighted by molar-refractivity contribution is -0.136. The number of aromatic nitrogens is 5. The van der Waals surface area contributed by atoms with Gasteiger partial charge in [0.05, 0.1) is 12.2 Å². The number of carbonyl (C=O) groups excluding carboxylic acids is 3. The van der Waals surface area contributed by atoms with E-state index in [0.29, 0.717) is 77.9 Å². The van der Waals surface area contributed by atoms with Crippen LogP contribution in [-0.2, 0) is 28.3 Å². The number of hydrogen-bond donors (Lipinski definition) is 3. The van der Waals surface area contributed by atoms with Crippen LogP contribution in [0.5, 0.6) is 0 Å². The number of benzene rings is 2. The molecule has 8 heterocycles. The summed E-state index contributed by atoms with van der Waals surface area (Å²) in [5.74, 6) is 0.117. The summed E-state index contributed by atoms with van der Waals surface area (Å²) >= 11 is 0. The highest BCUT2D eigenvalue weighted by molar-refractivity contribution is 6.05. The standard InChI is InChI=1S/C50H57N11O5/c1-49(66)18-3-2-4-23-60-47(65)39-31-51-48(55-44(39)61(60)42-7-5-6-41(49)53-42)52-34-9-12-35(13-10-34)57-26-28-58(29-27-57)36-16-19-50(20-17-36)21-24-56(25-22-50)37-11-8-33-32-59(46(64)38(33)30-37)40-14-15-43(62)54-45(40)63/h2,4-13,30-31,36,40,66H,3,14-29,32H2,1H3,(H,51,52,55)(H,54,62,63)/b4-2-/t40?,49-/m1/s1. The summed E-state index contributed by atoms with van der Waals surface area (Å²) in [5, 5.41) is 17.3. The van der Waals surface area contributed by atoms with E-state index in [2.05, 4.69) is 48.5 Å². The minimum atomic E-state index is -1.12. The van der Waals surface area contributed by atoms with Crippen molar-refractivity contribution in [2.24, 2.45) is 5.41 Å². The van der Waals surface area contributed by atoms with Crippen molar-refractivity contribution in [3.8, 4) is 5.82 Å². The summed E-state index contributed by atoms with van der Waals surface area (Å²) in [7, 11) is 0. The molecule has 66 heavy (non-hydrogen) atoms. The molecule has 3 saturated heterocycles. The highest BCUT2D eigenvalue weighted by Crippen LogP contribution is 2.47. The topological polar surface area (TPSA) is 174 Å². The molecule has 2 aromatic carbocycles. The molecule has 2 bridgehead atoms. The van der Waals surface area contributed by atoms with Crippen molar-refractivity contribution in [1.82, 2.24) is 39.4 Å². The summed E-state index contributed by atoms with van der Waals surface area (Å²) in [6.07, 6.45) is 14.6. The Kier molecular flexibility index (Phi) is 10.8.